The molecule has 0 saturated carbocycles. The lowest BCUT2D eigenvalue weighted by Crippen LogP contribution is -2.22. The molecule has 0 aliphatic carbocycles. The van der Waals surface area contributed by atoms with Gasteiger partial charge in [-0.05, 0) is 24.6 Å². The van der Waals surface area contributed by atoms with E-state index in [1.165, 1.54) is 0 Å². The number of aromatic amines is 1. The van der Waals surface area contributed by atoms with Crippen LogP contribution in [0.3, 0.4) is 0 Å². The highest BCUT2D eigenvalue weighted by atomic mass is 16.1. The molecule has 0 aliphatic rings. The summed E-state index contributed by atoms with van der Waals surface area (Å²) in [6, 6.07) is 13.6. The van der Waals surface area contributed by atoms with E-state index in [2.05, 4.69) is 25.6 Å². The minimum atomic E-state index is -0.116. The molecule has 2 heterocycles. The Labute approximate surface area is 140 Å². The number of carbonyl (C=O) groups is 1. The lowest BCUT2D eigenvalue weighted by molar-refractivity contribution is 0.0955. The molecule has 0 unspecified atom stereocenters. The summed E-state index contributed by atoms with van der Waals surface area (Å²) in [7, 11) is 0. The normalized spacial score (nSPS) is 10.4. The fourth-order valence-electron chi connectivity index (χ4n) is 2.29. The smallest absolute Gasteiger partial charge is 0.252 e. The number of H-pyrrole nitrogens is 1. The van der Waals surface area contributed by atoms with Crippen LogP contribution >= 0.6 is 0 Å². The molecular formula is C18H19N5O. The third kappa shape index (κ3) is 3.78. The Hall–Kier alpha value is -3.15. The molecule has 0 bridgehead atoms. The standard InChI is InChI=1S/C18H19N5O/c1-2-19-18(24)14-8-9-16(20-10-14)22-12-17-21-11-15(23-17)13-6-4-3-5-7-13/h3-11H,2,12H2,1H3,(H,19,24)(H,20,22)(H,21,23). The number of imidazole rings is 1. The zero-order valence-electron chi connectivity index (χ0n) is 13.4. The molecule has 0 atom stereocenters. The predicted molar refractivity (Wildman–Crippen MR) is 93.6 cm³/mol. The van der Waals surface area contributed by atoms with E-state index in [-0.39, 0.29) is 5.91 Å². The first-order chi connectivity index (χ1) is 11.8. The highest BCUT2D eigenvalue weighted by Crippen LogP contribution is 2.16. The molecule has 122 valence electrons. The van der Waals surface area contributed by atoms with Gasteiger partial charge in [-0.1, -0.05) is 30.3 Å². The number of hydrogen-bond acceptors (Lipinski definition) is 4. The first-order valence-corrected chi connectivity index (χ1v) is 7.83. The minimum absolute atomic E-state index is 0.116. The maximum Gasteiger partial charge on any atom is 0.252 e. The van der Waals surface area contributed by atoms with Crippen LogP contribution in [-0.2, 0) is 6.54 Å². The van der Waals surface area contributed by atoms with Crippen molar-refractivity contribution in [2.75, 3.05) is 11.9 Å². The van der Waals surface area contributed by atoms with Crippen LogP contribution in [0.15, 0.2) is 54.9 Å². The molecule has 1 aromatic carbocycles. The van der Waals surface area contributed by atoms with Crippen molar-refractivity contribution >= 4 is 11.7 Å². The molecule has 0 aliphatic heterocycles. The highest BCUT2D eigenvalue weighted by molar-refractivity contribution is 5.93. The SMILES string of the molecule is CCNC(=O)c1ccc(NCc2ncc(-c3ccccc3)[nH]2)nc1. The van der Waals surface area contributed by atoms with E-state index in [1.54, 1.807) is 18.3 Å². The van der Waals surface area contributed by atoms with Crippen molar-refractivity contribution in [1.29, 1.82) is 0 Å². The fourth-order valence-corrected chi connectivity index (χ4v) is 2.29. The topological polar surface area (TPSA) is 82.7 Å². The van der Waals surface area contributed by atoms with Gasteiger partial charge in [0.05, 0.1) is 24.0 Å². The van der Waals surface area contributed by atoms with Gasteiger partial charge in [-0.2, -0.15) is 0 Å². The quantitative estimate of drug-likeness (QED) is 0.652. The second-order valence-corrected chi connectivity index (χ2v) is 5.25. The number of anilines is 1. The zero-order valence-corrected chi connectivity index (χ0v) is 13.4. The maximum atomic E-state index is 11.7. The Bertz CT molecular complexity index is 796. The Kier molecular flexibility index (Phi) is 4.86. The Morgan fingerprint density at radius 2 is 1.92 bits per heavy atom. The maximum absolute atomic E-state index is 11.7. The number of benzene rings is 1. The second-order valence-electron chi connectivity index (χ2n) is 5.25. The average molecular weight is 321 g/mol. The lowest BCUT2D eigenvalue weighted by atomic mass is 10.2. The summed E-state index contributed by atoms with van der Waals surface area (Å²) < 4.78 is 0. The molecule has 3 rings (SSSR count). The molecule has 24 heavy (non-hydrogen) atoms. The summed E-state index contributed by atoms with van der Waals surface area (Å²) in [5.41, 5.74) is 2.62. The van der Waals surface area contributed by atoms with E-state index >= 15 is 0 Å². The van der Waals surface area contributed by atoms with Gasteiger partial charge in [0.1, 0.15) is 11.6 Å². The molecule has 0 radical (unpaired) electrons. The molecule has 1 amide bonds. The van der Waals surface area contributed by atoms with E-state index in [1.807, 2.05) is 43.5 Å². The van der Waals surface area contributed by atoms with Gasteiger partial charge in [-0.25, -0.2) is 9.97 Å². The molecule has 3 N–H and O–H groups in total. The van der Waals surface area contributed by atoms with E-state index < -0.39 is 0 Å². The number of pyridine rings is 1. The van der Waals surface area contributed by atoms with Crippen molar-refractivity contribution in [3.05, 3.63) is 66.2 Å². The molecule has 0 saturated heterocycles. The van der Waals surface area contributed by atoms with Crippen LogP contribution < -0.4 is 10.6 Å². The molecule has 6 nitrogen and oxygen atoms in total. The van der Waals surface area contributed by atoms with E-state index in [9.17, 15) is 4.79 Å². The summed E-state index contributed by atoms with van der Waals surface area (Å²) in [6.45, 7) is 3.01. The summed E-state index contributed by atoms with van der Waals surface area (Å²) >= 11 is 0. The van der Waals surface area contributed by atoms with E-state index in [4.69, 9.17) is 0 Å². The van der Waals surface area contributed by atoms with Crippen LogP contribution in [0.2, 0.25) is 0 Å². The molecular weight excluding hydrogens is 302 g/mol. The molecule has 0 spiro atoms. The Morgan fingerprint density at radius 3 is 2.62 bits per heavy atom. The Balaban J connectivity index is 1.60. The van der Waals surface area contributed by atoms with Crippen LogP contribution in [0.4, 0.5) is 5.82 Å². The van der Waals surface area contributed by atoms with Crippen molar-refractivity contribution in [2.45, 2.75) is 13.5 Å². The van der Waals surface area contributed by atoms with Crippen molar-refractivity contribution < 1.29 is 4.79 Å². The van der Waals surface area contributed by atoms with Crippen molar-refractivity contribution in [1.82, 2.24) is 20.3 Å². The number of nitrogens with one attached hydrogen (secondary N) is 3. The number of hydrogen-bond donors (Lipinski definition) is 3. The van der Waals surface area contributed by atoms with Crippen molar-refractivity contribution in [3.63, 3.8) is 0 Å². The van der Waals surface area contributed by atoms with Gasteiger partial charge in [-0.15, -0.1) is 0 Å². The number of nitrogens with zero attached hydrogens (tertiary/aromatic N) is 2. The largest absolute Gasteiger partial charge is 0.363 e. The minimum Gasteiger partial charge on any atom is -0.363 e. The first-order valence-electron chi connectivity index (χ1n) is 7.83. The summed E-state index contributed by atoms with van der Waals surface area (Å²) in [5.74, 6) is 1.40. The zero-order chi connectivity index (χ0) is 16.8. The summed E-state index contributed by atoms with van der Waals surface area (Å²) in [4.78, 5) is 23.6. The van der Waals surface area contributed by atoms with Crippen LogP contribution in [0.5, 0.6) is 0 Å². The number of aromatic nitrogens is 3. The van der Waals surface area contributed by atoms with Crippen LogP contribution in [-0.4, -0.2) is 27.4 Å². The van der Waals surface area contributed by atoms with Crippen molar-refractivity contribution in [3.8, 4) is 11.3 Å². The molecule has 3 aromatic rings. The summed E-state index contributed by atoms with van der Waals surface area (Å²) in [6.07, 6.45) is 3.38. The van der Waals surface area contributed by atoms with Gasteiger partial charge >= 0.3 is 0 Å². The third-order valence-electron chi connectivity index (χ3n) is 3.51. The number of carbonyl (C=O) groups excluding carboxylic acids is 1. The summed E-state index contributed by atoms with van der Waals surface area (Å²) in [5, 5.41) is 5.93. The van der Waals surface area contributed by atoms with Crippen LogP contribution in [0.25, 0.3) is 11.3 Å². The highest BCUT2D eigenvalue weighted by Gasteiger charge is 2.06. The van der Waals surface area contributed by atoms with Gasteiger partial charge in [0.25, 0.3) is 5.91 Å². The van der Waals surface area contributed by atoms with Crippen LogP contribution in [0, 0.1) is 0 Å². The van der Waals surface area contributed by atoms with Gasteiger partial charge in [-0.3, -0.25) is 4.79 Å². The first kappa shape index (κ1) is 15.7. The van der Waals surface area contributed by atoms with E-state index in [0.717, 1.165) is 17.1 Å². The lowest BCUT2D eigenvalue weighted by Gasteiger charge is -2.05. The van der Waals surface area contributed by atoms with Gasteiger partial charge in [0.2, 0.25) is 0 Å². The monoisotopic (exact) mass is 321 g/mol. The average Bonchev–Trinajstić information content (AvgIpc) is 3.10. The third-order valence-corrected chi connectivity index (χ3v) is 3.51. The number of amides is 1. The van der Waals surface area contributed by atoms with Gasteiger partial charge < -0.3 is 15.6 Å². The molecule has 6 heteroatoms. The van der Waals surface area contributed by atoms with Crippen molar-refractivity contribution in [2.24, 2.45) is 0 Å². The predicted octanol–water partition coefficient (Wildman–Crippen LogP) is 2.83. The van der Waals surface area contributed by atoms with Crippen LogP contribution in [0.1, 0.15) is 23.1 Å². The molecule has 2 aromatic heterocycles. The molecule has 0 fully saturated rings. The van der Waals surface area contributed by atoms with E-state index in [0.29, 0.717) is 24.5 Å². The van der Waals surface area contributed by atoms with Gasteiger partial charge in [0, 0.05) is 12.7 Å². The Morgan fingerprint density at radius 1 is 1.08 bits per heavy atom. The fraction of sp³-hybridized carbons (Fsp3) is 0.167. The second kappa shape index (κ2) is 7.41. The van der Waals surface area contributed by atoms with Gasteiger partial charge in [0.15, 0.2) is 0 Å². The number of rotatable bonds is 6.